The number of urea groups is 1. The fraction of sp³-hybridized carbons (Fsp3) is 0.619. The molecule has 1 unspecified atom stereocenters. The van der Waals surface area contributed by atoms with Gasteiger partial charge >= 0.3 is 12.0 Å². The molecule has 0 bridgehead atoms. The normalized spacial score (nSPS) is 16.9. The van der Waals surface area contributed by atoms with Gasteiger partial charge in [-0.3, -0.25) is 0 Å². The van der Waals surface area contributed by atoms with E-state index in [0.29, 0.717) is 26.2 Å². The van der Waals surface area contributed by atoms with Crippen LogP contribution in [0.3, 0.4) is 0 Å². The third kappa shape index (κ3) is 5.86. The van der Waals surface area contributed by atoms with Gasteiger partial charge in [0.15, 0.2) is 0 Å². The summed E-state index contributed by atoms with van der Waals surface area (Å²) in [7, 11) is 2.97. The molecule has 1 heterocycles. The minimum Gasteiger partial charge on any atom is -0.497 e. The van der Waals surface area contributed by atoms with Gasteiger partial charge in [0.25, 0.3) is 0 Å². The second-order valence-corrected chi connectivity index (χ2v) is 7.65. The van der Waals surface area contributed by atoms with Crippen LogP contribution in [0.2, 0.25) is 0 Å². The van der Waals surface area contributed by atoms with Gasteiger partial charge in [0.05, 0.1) is 14.2 Å². The maximum absolute atomic E-state index is 12.5. The largest absolute Gasteiger partial charge is 0.497 e. The summed E-state index contributed by atoms with van der Waals surface area (Å²) >= 11 is 0. The van der Waals surface area contributed by atoms with Crippen LogP contribution in [-0.4, -0.2) is 52.0 Å². The Labute approximate surface area is 167 Å². The predicted octanol–water partition coefficient (Wildman–Crippen LogP) is 2.63. The number of amides is 2. The Kier molecular flexibility index (Phi) is 8.11. The Hall–Kier alpha value is -2.28. The van der Waals surface area contributed by atoms with E-state index in [1.807, 2.05) is 38.1 Å². The van der Waals surface area contributed by atoms with Gasteiger partial charge in [-0.25, -0.2) is 9.59 Å². The minimum absolute atomic E-state index is 0.208. The molecule has 1 saturated heterocycles. The highest BCUT2D eigenvalue weighted by atomic mass is 16.5. The van der Waals surface area contributed by atoms with Crippen LogP contribution in [0.15, 0.2) is 24.3 Å². The zero-order valence-electron chi connectivity index (χ0n) is 17.2. The monoisotopic (exact) mass is 392 g/mol. The molecule has 2 N–H and O–H groups in total. The van der Waals surface area contributed by atoms with Crippen molar-refractivity contribution in [1.82, 2.24) is 10.6 Å². The zero-order valence-corrected chi connectivity index (χ0v) is 17.2. The van der Waals surface area contributed by atoms with Crippen LogP contribution >= 0.6 is 0 Å². The van der Waals surface area contributed by atoms with E-state index >= 15 is 0 Å². The Morgan fingerprint density at radius 1 is 1.14 bits per heavy atom. The first kappa shape index (κ1) is 22.0. The summed E-state index contributed by atoms with van der Waals surface area (Å²) in [5.74, 6) is 0.622. The Morgan fingerprint density at radius 2 is 1.79 bits per heavy atom. The van der Waals surface area contributed by atoms with Crippen molar-refractivity contribution in [1.29, 1.82) is 0 Å². The Morgan fingerprint density at radius 3 is 2.32 bits per heavy atom. The summed E-state index contributed by atoms with van der Waals surface area (Å²) in [6.45, 7) is 5.75. The SMILES string of the molecule is COC(=O)C(CC(C)C)NC(=O)NCC1(c2ccc(OC)cc2)CCOCC1. The third-order valence-electron chi connectivity index (χ3n) is 5.24. The van der Waals surface area contributed by atoms with Gasteiger partial charge in [-0.15, -0.1) is 0 Å². The summed E-state index contributed by atoms with van der Waals surface area (Å²) < 4.78 is 15.6. The van der Waals surface area contributed by atoms with Crippen molar-refractivity contribution in [2.45, 2.75) is 44.6 Å². The van der Waals surface area contributed by atoms with E-state index in [-0.39, 0.29) is 17.4 Å². The molecule has 0 aromatic heterocycles. The number of benzene rings is 1. The average Bonchev–Trinajstić information content (AvgIpc) is 2.71. The molecule has 1 aromatic carbocycles. The van der Waals surface area contributed by atoms with Gasteiger partial charge in [0.1, 0.15) is 11.8 Å². The molecule has 7 heteroatoms. The van der Waals surface area contributed by atoms with Gasteiger partial charge in [-0.05, 0) is 42.9 Å². The lowest BCUT2D eigenvalue weighted by Gasteiger charge is -2.38. The van der Waals surface area contributed by atoms with Crippen molar-refractivity contribution >= 4 is 12.0 Å². The summed E-state index contributed by atoms with van der Waals surface area (Å²) in [5, 5.41) is 5.71. The first-order valence-corrected chi connectivity index (χ1v) is 9.74. The van der Waals surface area contributed by atoms with Gasteiger partial charge in [0.2, 0.25) is 0 Å². The van der Waals surface area contributed by atoms with Crippen LogP contribution in [0.25, 0.3) is 0 Å². The van der Waals surface area contributed by atoms with Crippen LogP contribution < -0.4 is 15.4 Å². The number of carbonyl (C=O) groups is 2. The highest BCUT2D eigenvalue weighted by Crippen LogP contribution is 2.35. The molecular weight excluding hydrogens is 360 g/mol. The van der Waals surface area contributed by atoms with Crippen LogP contribution in [0, 0.1) is 5.92 Å². The first-order chi connectivity index (χ1) is 13.4. The summed E-state index contributed by atoms with van der Waals surface area (Å²) in [6, 6.07) is 6.93. The standard InChI is InChI=1S/C21H32N2O5/c1-15(2)13-18(19(24)27-4)23-20(25)22-14-21(9-11-28-12-10-21)16-5-7-17(26-3)8-6-16/h5-8,15,18H,9-14H2,1-4H3,(H2,22,23,25). The van der Waals surface area contributed by atoms with Crippen molar-refractivity contribution in [3.05, 3.63) is 29.8 Å². The van der Waals surface area contributed by atoms with E-state index in [1.165, 1.54) is 7.11 Å². The van der Waals surface area contributed by atoms with E-state index in [1.54, 1.807) is 7.11 Å². The number of rotatable bonds is 8. The average molecular weight is 392 g/mol. The third-order valence-corrected chi connectivity index (χ3v) is 5.24. The smallest absolute Gasteiger partial charge is 0.328 e. The molecule has 0 radical (unpaired) electrons. The van der Waals surface area contributed by atoms with E-state index in [2.05, 4.69) is 10.6 Å². The maximum Gasteiger partial charge on any atom is 0.328 e. The van der Waals surface area contributed by atoms with Gasteiger partial charge in [-0.2, -0.15) is 0 Å². The maximum atomic E-state index is 12.5. The number of carbonyl (C=O) groups excluding carboxylic acids is 2. The Balaban J connectivity index is 2.05. The topological polar surface area (TPSA) is 85.9 Å². The molecule has 2 amide bonds. The van der Waals surface area contributed by atoms with Crippen LogP contribution in [0.1, 0.15) is 38.7 Å². The molecule has 1 aromatic rings. The van der Waals surface area contributed by atoms with Gasteiger partial charge in [0, 0.05) is 25.2 Å². The number of esters is 1. The molecule has 1 atom stereocenters. The van der Waals surface area contributed by atoms with Crippen LogP contribution in [-0.2, 0) is 19.7 Å². The molecular formula is C21H32N2O5. The second-order valence-electron chi connectivity index (χ2n) is 7.65. The highest BCUT2D eigenvalue weighted by molar-refractivity contribution is 5.83. The molecule has 0 aliphatic carbocycles. The molecule has 0 saturated carbocycles. The van der Waals surface area contributed by atoms with Crippen molar-refractivity contribution in [2.75, 3.05) is 34.0 Å². The Bertz CT molecular complexity index is 639. The molecule has 28 heavy (non-hydrogen) atoms. The van der Waals surface area contributed by atoms with Crippen LogP contribution in [0.5, 0.6) is 5.75 Å². The second kappa shape index (κ2) is 10.3. The van der Waals surface area contributed by atoms with Crippen molar-refractivity contribution in [2.24, 2.45) is 5.92 Å². The van der Waals surface area contributed by atoms with Gasteiger partial charge in [-0.1, -0.05) is 26.0 Å². The summed E-state index contributed by atoms with van der Waals surface area (Å²) in [5.41, 5.74) is 0.935. The highest BCUT2D eigenvalue weighted by Gasteiger charge is 2.35. The molecule has 7 nitrogen and oxygen atoms in total. The molecule has 1 fully saturated rings. The number of nitrogens with one attached hydrogen (secondary N) is 2. The van der Waals surface area contributed by atoms with Crippen molar-refractivity contribution < 1.29 is 23.8 Å². The summed E-state index contributed by atoms with van der Waals surface area (Å²) in [6.07, 6.45) is 2.15. The zero-order chi connectivity index (χ0) is 20.6. The fourth-order valence-electron chi connectivity index (χ4n) is 3.56. The lowest BCUT2D eigenvalue weighted by molar-refractivity contribution is -0.143. The molecule has 156 valence electrons. The van der Waals surface area contributed by atoms with E-state index in [4.69, 9.17) is 14.2 Å². The number of hydrogen-bond donors (Lipinski definition) is 2. The molecule has 2 rings (SSSR count). The number of hydrogen-bond acceptors (Lipinski definition) is 5. The number of ether oxygens (including phenoxy) is 3. The number of methoxy groups -OCH3 is 2. The quantitative estimate of drug-likeness (QED) is 0.664. The fourth-order valence-corrected chi connectivity index (χ4v) is 3.56. The molecule has 1 aliphatic heterocycles. The van der Waals surface area contributed by atoms with E-state index in [9.17, 15) is 9.59 Å². The molecule has 0 spiro atoms. The van der Waals surface area contributed by atoms with Crippen molar-refractivity contribution in [3.8, 4) is 5.75 Å². The van der Waals surface area contributed by atoms with E-state index in [0.717, 1.165) is 24.2 Å². The van der Waals surface area contributed by atoms with E-state index < -0.39 is 12.0 Å². The van der Waals surface area contributed by atoms with Gasteiger partial charge < -0.3 is 24.8 Å². The minimum atomic E-state index is -0.656. The lowest BCUT2D eigenvalue weighted by Crippen LogP contribution is -2.51. The summed E-state index contributed by atoms with van der Waals surface area (Å²) in [4.78, 5) is 24.4. The lowest BCUT2D eigenvalue weighted by atomic mass is 9.74. The van der Waals surface area contributed by atoms with Crippen molar-refractivity contribution in [3.63, 3.8) is 0 Å². The first-order valence-electron chi connectivity index (χ1n) is 9.74. The predicted molar refractivity (Wildman–Crippen MR) is 107 cm³/mol. The molecule has 1 aliphatic rings. The van der Waals surface area contributed by atoms with Crippen LogP contribution in [0.4, 0.5) is 4.79 Å².